The second-order valence-corrected chi connectivity index (χ2v) is 7.49. The molecule has 2 aliphatic rings. The average Bonchev–Trinajstić information content (AvgIpc) is 3.06. The number of hydrogen-bond donors (Lipinski definition) is 0. The summed E-state index contributed by atoms with van der Waals surface area (Å²) in [5.74, 6) is -1.58. The van der Waals surface area contributed by atoms with Crippen LogP contribution >= 0.6 is 11.8 Å². The lowest BCUT2D eigenvalue weighted by Gasteiger charge is -2.41. The highest BCUT2D eigenvalue weighted by Crippen LogP contribution is 2.40. The highest BCUT2D eigenvalue weighted by molar-refractivity contribution is 8.15. The van der Waals surface area contributed by atoms with Gasteiger partial charge >= 0.3 is 17.9 Å². The van der Waals surface area contributed by atoms with Gasteiger partial charge in [-0.05, 0) is 0 Å². The van der Waals surface area contributed by atoms with E-state index in [9.17, 15) is 14.4 Å². The third kappa shape index (κ3) is 4.71. The van der Waals surface area contributed by atoms with Crippen LogP contribution in [0, 0.1) is 0 Å². The quantitative estimate of drug-likeness (QED) is 0.537. The molecule has 2 heterocycles. The molecule has 3 rings (SSSR count). The van der Waals surface area contributed by atoms with Gasteiger partial charge in [-0.3, -0.25) is 19.4 Å². The van der Waals surface area contributed by atoms with Crippen molar-refractivity contribution in [2.24, 2.45) is 4.99 Å². The van der Waals surface area contributed by atoms with Crippen LogP contribution in [0.2, 0.25) is 0 Å². The number of benzene rings is 1. The zero-order valence-corrected chi connectivity index (χ0v) is 16.5. The molecule has 2 unspecified atom stereocenters. The Bertz CT molecular complexity index is 782. The summed E-state index contributed by atoms with van der Waals surface area (Å²) in [5.41, 5.74) is 0.444. The maximum absolute atomic E-state index is 11.7. The van der Waals surface area contributed by atoms with Crippen LogP contribution in [-0.2, 0) is 33.3 Å². The lowest BCUT2D eigenvalue weighted by molar-refractivity contribution is -0.208. The van der Waals surface area contributed by atoms with E-state index in [1.54, 1.807) is 0 Å². The van der Waals surface area contributed by atoms with Crippen LogP contribution in [0.15, 0.2) is 35.3 Å². The number of esters is 3. The Hall–Kier alpha value is -2.39. The standard InChI is InChI=1S/C19H21NO7S/c1-10(21)24-9-14-16(25-11(2)22)17(26-12(3)23)15-19(27-14)28-18(20-15)13-7-5-4-6-8-13/h4-8,14-17,19H,9H2,1-3H3/t14-,15?,16-,17-,19?/m1/s1. The van der Waals surface area contributed by atoms with Crippen molar-refractivity contribution in [2.45, 2.75) is 50.6 Å². The van der Waals surface area contributed by atoms with Crippen molar-refractivity contribution in [1.29, 1.82) is 0 Å². The SMILES string of the molecule is CC(=O)OC[C@H]1OC2SC(c3ccccc3)=NC2[C@@H](OC(C)=O)[C@@H]1OC(C)=O. The van der Waals surface area contributed by atoms with Gasteiger partial charge in [0.2, 0.25) is 0 Å². The summed E-state index contributed by atoms with van der Waals surface area (Å²) < 4.78 is 22.0. The molecule has 28 heavy (non-hydrogen) atoms. The molecule has 0 amide bonds. The summed E-state index contributed by atoms with van der Waals surface area (Å²) in [5, 5.41) is 0.738. The molecule has 1 aromatic rings. The fraction of sp³-hybridized carbons (Fsp3) is 0.474. The molecule has 1 aromatic carbocycles. The van der Waals surface area contributed by atoms with Crippen LogP contribution in [0.5, 0.6) is 0 Å². The van der Waals surface area contributed by atoms with E-state index >= 15 is 0 Å². The van der Waals surface area contributed by atoms with Crippen LogP contribution in [0.3, 0.4) is 0 Å². The van der Waals surface area contributed by atoms with Gasteiger partial charge in [-0.25, -0.2) is 0 Å². The second kappa shape index (κ2) is 8.74. The molecular formula is C19H21NO7S. The average molecular weight is 407 g/mol. The number of carbonyl (C=O) groups is 3. The Morgan fingerprint density at radius 1 is 1.00 bits per heavy atom. The lowest BCUT2D eigenvalue weighted by Crippen LogP contribution is -2.59. The van der Waals surface area contributed by atoms with Gasteiger partial charge in [0.1, 0.15) is 29.2 Å². The number of hydrogen-bond acceptors (Lipinski definition) is 9. The fourth-order valence-corrected chi connectivity index (χ4v) is 4.35. The lowest BCUT2D eigenvalue weighted by atomic mass is 9.97. The van der Waals surface area contributed by atoms with Crippen LogP contribution in [-0.4, -0.2) is 59.3 Å². The number of carbonyl (C=O) groups excluding carboxylic acids is 3. The summed E-state index contributed by atoms with van der Waals surface area (Å²) >= 11 is 1.39. The molecule has 0 aromatic heterocycles. The predicted molar refractivity (Wildman–Crippen MR) is 101 cm³/mol. The van der Waals surface area contributed by atoms with E-state index in [4.69, 9.17) is 18.9 Å². The summed E-state index contributed by atoms with van der Waals surface area (Å²) in [6.45, 7) is 3.68. The zero-order valence-electron chi connectivity index (χ0n) is 15.7. The Balaban J connectivity index is 1.91. The molecule has 0 radical (unpaired) electrons. The Labute approximate surface area is 166 Å². The predicted octanol–water partition coefficient (Wildman–Crippen LogP) is 1.70. The van der Waals surface area contributed by atoms with Crippen molar-refractivity contribution >= 4 is 34.7 Å². The number of ether oxygens (including phenoxy) is 4. The molecule has 150 valence electrons. The van der Waals surface area contributed by atoms with E-state index < -0.39 is 47.7 Å². The Morgan fingerprint density at radius 3 is 2.25 bits per heavy atom. The van der Waals surface area contributed by atoms with Gasteiger partial charge in [0.25, 0.3) is 0 Å². The van der Waals surface area contributed by atoms with E-state index in [1.165, 1.54) is 32.5 Å². The third-order valence-electron chi connectivity index (χ3n) is 4.18. The van der Waals surface area contributed by atoms with Crippen molar-refractivity contribution < 1.29 is 33.3 Å². The molecule has 0 N–H and O–H groups in total. The van der Waals surface area contributed by atoms with Gasteiger partial charge < -0.3 is 18.9 Å². The van der Waals surface area contributed by atoms with Crippen molar-refractivity contribution in [3.05, 3.63) is 35.9 Å². The molecule has 8 nitrogen and oxygen atoms in total. The molecule has 0 spiro atoms. The first kappa shape index (κ1) is 20.3. The molecule has 0 saturated carbocycles. The Morgan fingerprint density at radius 2 is 1.64 bits per heavy atom. The fourth-order valence-electron chi connectivity index (χ4n) is 3.12. The van der Waals surface area contributed by atoms with Crippen LogP contribution < -0.4 is 0 Å². The monoisotopic (exact) mass is 407 g/mol. The van der Waals surface area contributed by atoms with Crippen molar-refractivity contribution in [1.82, 2.24) is 0 Å². The molecular weight excluding hydrogens is 386 g/mol. The summed E-state index contributed by atoms with van der Waals surface area (Å²) in [6.07, 6.45) is -2.58. The van der Waals surface area contributed by atoms with Gasteiger partial charge in [0.05, 0.1) is 0 Å². The highest BCUT2D eigenvalue weighted by Gasteiger charge is 2.53. The second-order valence-electron chi connectivity index (χ2n) is 6.40. The van der Waals surface area contributed by atoms with Gasteiger partial charge in [-0.1, -0.05) is 42.1 Å². The summed E-state index contributed by atoms with van der Waals surface area (Å²) in [4.78, 5) is 39.3. The maximum atomic E-state index is 11.7. The van der Waals surface area contributed by atoms with E-state index in [0.717, 1.165) is 10.6 Å². The molecule has 0 bridgehead atoms. The van der Waals surface area contributed by atoms with E-state index in [-0.39, 0.29) is 6.61 Å². The topological polar surface area (TPSA) is 100 Å². The minimum Gasteiger partial charge on any atom is -0.463 e. The number of thioether (sulfide) groups is 1. The highest BCUT2D eigenvalue weighted by atomic mass is 32.2. The molecule has 1 saturated heterocycles. The summed E-state index contributed by atoms with van der Waals surface area (Å²) in [6, 6.07) is 8.99. The minimum atomic E-state index is -0.943. The first-order chi connectivity index (χ1) is 13.3. The number of rotatable bonds is 5. The van der Waals surface area contributed by atoms with Gasteiger partial charge in [-0.15, -0.1) is 0 Å². The van der Waals surface area contributed by atoms with E-state index in [0.29, 0.717) is 0 Å². The van der Waals surface area contributed by atoms with Gasteiger partial charge in [-0.2, -0.15) is 0 Å². The molecule has 9 heteroatoms. The van der Waals surface area contributed by atoms with Crippen LogP contribution in [0.4, 0.5) is 0 Å². The van der Waals surface area contributed by atoms with Crippen molar-refractivity contribution in [3.63, 3.8) is 0 Å². The molecule has 1 fully saturated rings. The number of aliphatic imine (C=N–C) groups is 1. The van der Waals surface area contributed by atoms with E-state index in [2.05, 4.69) is 4.99 Å². The minimum absolute atomic E-state index is 0.129. The van der Waals surface area contributed by atoms with Crippen LogP contribution in [0.25, 0.3) is 0 Å². The molecule has 2 aliphatic heterocycles. The first-order valence-corrected chi connectivity index (χ1v) is 9.66. The van der Waals surface area contributed by atoms with E-state index in [1.807, 2.05) is 30.3 Å². The van der Waals surface area contributed by atoms with Crippen molar-refractivity contribution in [2.75, 3.05) is 6.61 Å². The summed E-state index contributed by atoms with van der Waals surface area (Å²) in [7, 11) is 0. The normalized spacial score (nSPS) is 28.7. The molecule has 0 aliphatic carbocycles. The molecule has 5 atom stereocenters. The maximum Gasteiger partial charge on any atom is 0.303 e. The number of nitrogens with zero attached hydrogens (tertiary/aromatic N) is 1. The Kier molecular flexibility index (Phi) is 6.35. The van der Waals surface area contributed by atoms with Gasteiger partial charge in [0, 0.05) is 26.3 Å². The largest absolute Gasteiger partial charge is 0.463 e. The zero-order chi connectivity index (χ0) is 20.3. The van der Waals surface area contributed by atoms with Crippen LogP contribution in [0.1, 0.15) is 26.3 Å². The number of fused-ring (bicyclic) bond motifs is 1. The van der Waals surface area contributed by atoms with Gasteiger partial charge in [0.15, 0.2) is 12.2 Å². The van der Waals surface area contributed by atoms with Crippen molar-refractivity contribution in [3.8, 4) is 0 Å². The first-order valence-electron chi connectivity index (χ1n) is 8.78. The third-order valence-corrected chi connectivity index (χ3v) is 5.37. The smallest absolute Gasteiger partial charge is 0.303 e.